The Bertz CT molecular complexity index is 997. The van der Waals surface area contributed by atoms with Crippen LogP contribution in [0.2, 0.25) is 0 Å². The summed E-state index contributed by atoms with van der Waals surface area (Å²) in [6.07, 6.45) is -2.91. The summed E-state index contributed by atoms with van der Waals surface area (Å²) in [5.74, 6) is -0.315. The summed E-state index contributed by atoms with van der Waals surface area (Å²) in [7, 11) is 1.26. The Morgan fingerprint density at radius 2 is 1.97 bits per heavy atom. The lowest BCUT2D eigenvalue weighted by Gasteiger charge is -2.18. The topological polar surface area (TPSA) is 120 Å². The first kappa shape index (κ1) is 20.2. The van der Waals surface area contributed by atoms with Gasteiger partial charge in [0, 0.05) is 0 Å². The van der Waals surface area contributed by atoms with Gasteiger partial charge in [0.05, 0.1) is 37.4 Å². The minimum absolute atomic E-state index is 0.00224. The van der Waals surface area contributed by atoms with Crippen molar-refractivity contribution in [2.75, 3.05) is 20.2 Å². The van der Waals surface area contributed by atoms with Crippen LogP contribution in [-0.2, 0) is 4.74 Å². The van der Waals surface area contributed by atoms with Gasteiger partial charge in [-0.1, -0.05) is 12.1 Å². The van der Waals surface area contributed by atoms with E-state index in [1.54, 1.807) is 24.3 Å². The molecule has 1 amide bonds. The van der Waals surface area contributed by atoms with Gasteiger partial charge in [0.25, 0.3) is 0 Å². The van der Waals surface area contributed by atoms with Crippen LogP contribution in [0.25, 0.3) is 11.1 Å². The Morgan fingerprint density at radius 3 is 2.59 bits per heavy atom. The number of likely N-dealkylation sites (tertiary alicyclic amines) is 1. The van der Waals surface area contributed by atoms with Gasteiger partial charge in [0.2, 0.25) is 0 Å². The van der Waals surface area contributed by atoms with Crippen molar-refractivity contribution in [3.05, 3.63) is 53.1 Å². The van der Waals surface area contributed by atoms with Gasteiger partial charge in [0.1, 0.15) is 18.0 Å². The van der Waals surface area contributed by atoms with Crippen LogP contribution < -0.4 is 4.74 Å². The van der Waals surface area contributed by atoms with Gasteiger partial charge >= 0.3 is 12.1 Å². The first-order valence-corrected chi connectivity index (χ1v) is 8.89. The van der Waals surface area contributed by atoms with E-state index in [9.17, 15) is 20.0 Å². The van der Waals surface area contributed by atoms with Gasteiger partial charge < -0.3 is 24.6 Å². The molecule has 8 nitrogen and oxygen atoms in total. The summed E-state index contributed by atoms with van der Waals surface area (Å²) in [6, 6.07) is 12.2. The van der Waals surface area contributed by atoms with Crippen LogP contribution in [0.15, 0.2) is 36.4 Å². The maximum atomic E-state index is 12.1. The van der Waals surface area contributed by atoms with Gasteiger partial charge in [-0.2, -0.15) is 5.26 Å². The number of aryl methyl sites for hydroxylation is 1. The molecule has 8 heteroatoms. The monoisotopic (exact) mass is 396 g/mol. The molecule has 1 aliphatic rings. The van der Waals surface area contributed by atoms with E-state index in [1.807, 2.05) is 13.0 Å². The third kappa shape index (κ3) is 4.31. The zero-order valence-electron chi connectivity index (χ0n) is 16.0. The lowest BCUT2D eigenvalue weighted by atomic mass is 9.96. The highest BCUT2D eigenvalue weighted by Gasteiger charge is 2.35. The van der Waals surface area contributed by atoms with E-state index in [0.717, 1.165) is 10.5 Å². The molecule has 29 heavy (non-hydrogen) atoms. The summed E-state index contributed by atoms with van der Waals surface area (Å²) in [5, 5.41) is 28.7. The predicted octanol–water partition coefficient (Wildman–Crippen LogP) is 2.42. The number of nitrogens with zero attached hydrogens (tertiary/aromatic N) is 2. The minimum atomic E-state index is -1.14. The smallest absolute Gasteiger partial charge is 0.407 e. The summed E-state index contributed by atoms with van der Waals surface area (Å²) in [6.45, 7) is 1.82. The van der Waals surface area contributed by atoms with Gasteiger partial charge in [-0.3, -0.25) is 0 Å². The van der Waals surface area contributed by atoms with E-state index in [2.05, 4.69) is 6.07 Å². The second kappa shape index (κ2) is 8.20. The van der Waals surface area contributed by atoms with Crippen LogP contribution in [0.1, 0.15) is 21.5 Å². The zero-order valence-corrected chi connectivity index (χ0v) is 16.0. The summed E-state index contributed by atoms with van der Waals surface area (Å²) < 4.78 is 10.6. The summed E-state index contributed by atoms with van der Waals surface area (Å²) in [4.78, 5) is 24.3. The van der Waals surface area contributed by atoms with E-state index in [4.69, 9.17) is 14.6 Å². The Hall–Kier alpha value is -3.57. The molecule has 2 aromatic carbocycles. The van der Waals surface area contributed by atoms with Gasteiger partial charge in [0.15, 0.2) is 0 Å². The molecule has 2 atom stereocenters. The predicted molar refractivity (Wildman–Crippen MR) is 103 cm³/mol. The quantitative estimate of drug-likeness (QED) is 0.762. The fraction of sp³-hybridized carbons (Fsp3) is 0.286. The van der Waals surface area contributed by atoms with Crippen molar-refractivity contribution in [1.82, 2.24) is 4.90 Å². The fourth-order valence-corrected chi connectivity index (χ4v) is 3.26. The van der Waals surface area contributed by atoms with Crippen molar-refractivity contribution in [2.24, 2.45) is 0 Å². The molecule has 0 bridgehead atoms. The molecule has 2 unspecified atom stereocenters. The molecule has 1 aliphatic heterocycles. The average molecular weight is 396 g/mol. The number of hydrogen-bond donors (Lipinski definition) is 2. The zero-order chi connectivity index (χ0) is 21.1. The first-order valence-electron chi connectivity index (χ1n) is 8.89. The van der Waals surface area contributed by atoms with Gasteiger partial charge in [-0.25, -0.2) is 9.59 Å². The average Bonchev–Trinajstić information content (AvgIpc) is 3.07. The standard InChI is InChI=1S/C21H20N2O6/c1-12-3-4-17(15(5-12)9-22)13-6-14(20(25)28-2)8-16(7-13)29-19-11-23(21(26)27)10-18(19)24/h3-8,18-19,24H,10-11H2,1-2H3,(H,26,27). The Kier molecular flexibility index (Phi) is 5.71. The Balaban J connectivity index is 2.00. The lowest BCUT2D eigenvalue weighted by Crippen LogP contribution is -2.30. The molecule has 0 spiro atoms. The summed E-state index contributed by atoms with van der Waals surface area (Å²) in [5.41, 5.74) is 2.77. The number of aliphatic hydroxyl groups excluding tert-OH is 1. The number of hydrogen-bond acceptors (Lipinski definition) is 6. The van der Waals surface area contributed by atoms with Crippen LogP contribution in [0.5, 0.6) is 5.75 Å². The third-order valence-corrected chi connectivity index (χ3v) is 4.73. The van der Waals surface area contributed by atoms with Gasteiger partial charge in [-0.05, 0) is 47.9 Å². The number of rotatable bonds is 4. The molecule has 0 radical (unpaired) electrons. The Labute approximate surface area is 167 Å². The highest BCUT2D eigenvalue weighted by atomic mass is 16.5. The van der Waals surface area contributed by atoms with Crippen molar-refractivity contribution < 1.29 is 29.3 Å². The van der Waals surface area contributed by atoms with Crippen LogP contribution >= 0.6 is 0 Å². The Morgan fingerprint density at radius 1 is 1.21 bits per heavy atom. The van der Waals surface area contributed by atoms with Crippen LogP contribution in [0.3, 0.4) is 0 Å². The number of β-amino-alcohol motifs (C(OH)–C–C–N with tert-alkyl or cyclic N) is 1. The lowest BCUT2D eigenvalue weighted by molar-refractivity contribution is 0.0597. The van der Waals surface area contributed by atoms with Crippen LogP contribution in [0.4, 0.5) is 4.79 Å². The molecule has 0 saturated carbocycles. The van der Waals surface area contributed by atoms with Crippen molar-refractivity contribution in [2.45, 2.75) is 19.1 Å². The number of amides is 1. The van der Waals surface area contributed by atoms with Crippen molar-refractivity contribution in [1.29, 1.82) is 5.26 Å². The van der Waals surface area contributed by atoms with E-state index >= 15 is 0 Å². The second-order valence-electron chi connectivity index (χ2n) is 6.81. The minimum Gasteiger partial charge on any atom is -0.486 e. The highest BCUT2D eigenvalue weighted by Crippen LogP contribution is 2.31. The number of carboxylic acid groups (broad SMARTS) is 1. The van der Waals surface area contributed by atoms with E-state index < -0.39 is 24.3 Å². The molecule has 1 saturated heterocycles. The molecule has 2 N–H and O–H groups in total. The molecular formula is C21H20N2O6. The SMILES string of the molecule is COC(=O)c1cc(OC2CN(C(=O)O)CC2O)cc(-c2ccc(C)cc2C#N)c1. The number of esters is 1. The maximum absolute atomic E-state index is 12.1. The van der Waals surface area contributed by atoms with Gasteiger partial charge in [-0.15, -0.1) is 0 Å². The van der Waals surface area contributed by atoms with Crippen LogP contribution in [0, 0.1) is 18.3 Å². The molecule has 3 rings (SSSR count). The van der Waals surface area contributed by atoms with E-state index in [0.29, 0.717) is 16.7 Å². The highest BCUT2D eigenvalue weighted by molar-refractivity contribution is 5.92. The van der Waals surface area contributed by atoms with E-state index in [1.165, 1.54) is 13.2 Å². The van der Waals surface area contributed by atoms with Crippen molar-refractivity contribution in [3.63, 3.8) is 0 Å². The maximum Gasteiger partial charge on any atom is 0.407 e. The third-order valence-electron chi connectivity index (χ3n) is 4.73. The van der Waals surface area contributed by atoms with Crippen molar-refractivity contribution in [3.8, 4) is 22.9 Å². The molecule has 0 aliphatic carbocycles. The largest absolute Gasteiger partial charge is 0.486 e. The second-order valence-corrected chi connectivity index (χ2v) is 6.81. The number of nitriles is 1. The molecule has 0 aromatic heterocycles. The molecule has 1 fully saturated rings. The number of carbonyl (C=O) groups is 2. The molecule has 1 heterocycles. The number of carbonyl (C=O) groups excluding carboxylic acids is 1. The normalized spacial score (nSPS) is 18.2. The fourth-order valence-electron chi connectivity index (χ4n) is 3.26. The van der Waals surface area contributed by atoms with Crippen LogP contribution in [-0.4, -0.2) is 59.6 Å². The number of methoxy groups -OCH3 is 1. The number of ether oxygens (including phenoxy) is 2. The van der Waals surface area contributed by atoms with Crippen molar-refractivity contribution >= 4 is 12.1 Å². The number of benzene rings is 2. The summed E-state index contributed by atoms with van der Waals surface area (Å²) >= 11 is 0. The first-order chi connectivity index (χ1) is 13.8. The molecule has 2 aromatic rings. The molecule has 150 valence electrons. The number of aliphatic hydroxyl groups is 1. The van der Waals surface area contributed by atoms with E-state index in [-0.39, 0.29) is 24.4 Å². The molecular weight excluding hydrogens is 376 g/mol.